The molecule has 0 saturated carbocycles. The molecule has 4 aromatic carbocycles. The first kappa shape index (κ1) is 21.8. The molecule has 0 aliphatic heterocycles. The number of carbonyl (C=O) groups is 2. The van der Waals surface area contributed by atoms with Gasteiger partial charge in [-0.05, 0) is 40.6 Å². The second kappa shape index (κ2) is 10.2. The molecule has 0 fully saturated rings. The molecule has 4 rings (SSSR count). The van der Waals surface area contributed by atoms with Crippen LogP contribution in [0.1, 0.15) is 28.4 Å². The molecule has 4 aromatic rings. The maximum absolute atomic E-state index is 12.6. The molecule has 0 saturated heterocycles. The standard InChI is InChI=1S/C27H23N3O3/c1-19(31)29-23-12-7-11-22(16-23)27(32)30-28-17-25-24-13-6-5-10-21(24)14-15-26(25)33-18-20-8-3-2-4-9-20/h2-17H,18H2,1H3,(H,29,31)(H,30,32). The second-order valence-corrected chi connectivity index (χ2v) is 7.43. The highest BCUT2D eigenvalue weighted by atomic mass is 16.5. The smallest absolute Gasteiger partial charge is 0.271 e. The molecule has 6 heteroatoms. The third kappa shape index (κ3) is 5.62. The summed E-state index contributed by atoms with van der Waals surface area (Å²) in [6.45, 7) is 1.83. The van der Waals surface area contributed by atoms with Crippen LogP contribution in [-0.4, -0.2) is 18.0 Å². The van der Waals surface area contributed by atoms with E-state index in [0.717, 1.165) is 21.9 Å². The molecule has 0 radical (unpaired) electrons. The Balaban J connectivity index is 1.55. The van der Waals surface area contributed by atoms with Gasteiger partial charge in [0.25, 0.3) is 5.91 Å². The first-order valence-corrected chi connectivity index (χ1v) is 10.5. The van der Waals surface area contributed by atoms with Crippen molar-refractivity contribution < 1.29 is 14.3 Å². The number of hydrogen-bond acceptors (Lipinski definition) is 4. The Morgan fingerprint density at radius 2 is 1.70 bits per heavy atom. The lowest BCUT2D eigenvalue weighted by molar-refractivity contribution is -0.114. The van der Waals surface area contributed by atoms with Crippen LogP contribution in [0, 0.1) is 0 Å². The number of nitrogens with one attached hydrogen (secondary N) is 2. The van der Waals surface area contributed by atoms with Crippen molar-refractivity contribution >= 4 is 34.5 Å². The van der Waals surface area contributed by atoms with Crippen molar-refractivity contribution in [2.75, 3.05) is 5.32 Å². The molecule has 0 bridgehead atoms. The topological polar surface area (TPSA) is 79.8 Å². The number of carbonyl (C=O) groups excluding carboxylic acids is 2. The minimum atomic E-state index is -0.384. The van der Waals surface area contributed by atoms with Gasteiger partial charge in [-0.3, -0.25) is 9.59 Å². The fourth-order valence-corrected chi connectivity index (χ4v) is 3.43. The zero-order valence-electron chi connectivity index (χ0n) is 18.1. The highest BCUT2D eigenvalue weighted by Gasteiger charge is 2.09. The predicted molar refractivity (Wildman–Crippen MR) is 131 cm³/mol. The molecular weight excluding hydrogens is 414 g/mol. The van der Waals surface area contributed by atoms with Crippen molar-refractivity contribution in [2.24, 2.45) is 5.10 Å². The second-order valence-electron chi connectivity index (χ2n) is 7.43. The number of fused-ring (bicyclic) bond motifs is 1. The van der Waals surface area contributed by atoms with Crippen LogP contribution in [0.15, 0.2) is 96.1 Å². The number of amides is 2. The molecule has 2 N–H and O–H groups in total. The van der Waals surface area contributed by atoms with Gasteiger partial charge in [-0.25, -0.2) is 5.43 Å². The molecule has 0 aromatic heterocycles. The fourth-order valence-electron chi connectivity index (χ4n) is 3.43. The van der Waals surface area contributed by atoms with Gasteiger partial charge in [-0.1, -0.05) is 66.7 Å². The molecule has 0 heterocycles. The van der Waals surface area contributed by atoms with Gasteiger partial charge in [0.2, 0.25) is 5.91 Å². The summed E-state index contributed by atoms with van der Waals surface area (Å²) >= 11 is 0. The Kier molecular flexibility index (Phi) is 6.75. The molecule has 2 amide bonds. The lowest BCUT2D eigenvalue weighted by Crippen LogP contribution is -2.18. The van der Waals surface area contributed by atoms with Gasteiger partial charge in [0.1, 0.15) is 12.4 Å². The van der Waals surface area contributed by atoms with Crippen molar-refractivity contribution in [1.82, 2.24) is 5.43 Å². The summed E-state index contributed by atoms with van der Waals surface area (Å²) in [4.78, 5) is 23.8. The van der Waals surface area contributed by atoms with Crippen LogP contribution in [-0.2, 0) is 11.4 Å². The minimum Gasteiger partial charge on any atom is -0.488 e. The summed E-state index contributed by atoms with van der Waals surface area (Å²) < 4.78 is 6.08. The summed E-state index contributed by atoms with van der Waals surface area (Å²) in [5.41, 5.74) is 5.32. The molecule has 0 aliphatic rings. The highest BCUT2D eigenvalue weighted by Crippen LogP contribution is 2.27. The van der Waals surface area contributed by atoms with Crippen LogP contribution >= 0.6 is 0 Å². The van der Waals surface area contributed by atoms with E-state index < -0.39 is 0 Å². The lowest BCUT2D eigenvalue weighted by Gasteiger charge is -2.12. The number of benzene rings is 4. The quantitative estimate of drug-likeness (QED) is 0.310. The van der Waals surface area contributed by atoms with Crippen molar-refractivity contribution in [3.05, 3.63) is 108 Å². The molecule has 33 heavy (non-hydrogen) atoms. The average molecular weight is 437 g/mol. The SMILES string of the molecule is CC(=O)Nc1cccc(C(=O)NN=Cc2c(OCc3ccccc3)ccc3ccccc23)c1. The minimum absolute atomic E-state index is 0.204. The Hall–Kier alpha value is -4.45. The highest BCUT2D eigenvalue weighted by molar-refractivity contribution is 6.03. The maximum Gasteiger partial charge on any atom is 0.271 e. The third-order valence-corrected chi connectivity index (χ3v) is 4.97. The van der Waals surface area contributed by atoms with Crippen molar-refractivity contribution in [3.63, 3.8) is 0 Å². The summed E-state index contributed by atoms with van der Waals surface area (Å²) in [6, 6.07) is 28.4. The van der Waals surface area contributed by atoms with E-state index in [1.165, 1.54) is 6.92 Å². The van der Waals surface area contributed by atoms with Crippen molar-refractivity contribution in [1.29, 1.82) is 0 Å². The van der Waals surface area contributed by atoms with Crippen LogP contribution in [0.25, 0.3) is 10.8 Å². The Bertz CT molecular complexity index is 1320. The van der Waals surface area contributed by atoms with E-state index in [2.05, 4.69) is 15.8 Å². The molecular formula is C27H23N3O3. The van der Waals surface area contributed by atoms with Crippen molar-refractivity contribution in [3.8, 4) is 5.75 Å². The normalized spacial score (nSPS) is 10.8. The molecule has 6 nitrogen and oxygen atoms in total. The van der Waals surface area contributed by atoms with Crippen LogP contribution in [0.3, 0.4) is 0 Å². The van der Waals surface area contributed by atoms with Gasteiger partial charge in [0.15, 0.2) is 0 Å². The Morgan fingerprint density at radius 1 is 0.909 bits per heavy atom. The molecule has 164 valence electrons. The third-order valence-electron chi connectivity index (χ3n) is 4.97. The van der Waals surface area contributed by atoms with E-state index in [4.69, 9.17) is 4.74 Å². The van der Waals surface area contributed by atoms with E-state index in [1.807, 2.05) is 66.7 Å². The fraction of sp³-hybridized carbons (Fsp3) is 0.0741. The van der Waals surface area contributed by atoms with Gasteiger partial charge in [0.05, 0.1) is 6.21 Å². The number of hydrogen-bond donors (Lipinski definition) is 2. The summed E-state index contributed by atoms with van der Waals surface area (Å²) in [6.07, 6.45) is 1.60. The van der Waals surface area contributed by atoms with E-state index in [-0.39, 0.29) is 11.8 Å². The monoisotopic (exact) mass is 437 g/mol. The van der Waals surface area contributed by atoms with Crippen LogP contribution in [0.4, 0.5) is 5.69 Å². The molecule has 0 spiro atoms. The molecule has 0 atom stereocenters. The maximum atomic E-state index is 12.6. The number of ether oxygens (including phenoxy) is 1. The summed E-state index contributed by atoms with van der Waals surface area (Å²) in [5.74, 6) is 0.0817. The van der Waals surface area contributed by atoms with E-state index in [0.29, 0.717) is 23.6 Å². The van der Waals surface area contributed by atoms with Crippen LogP contribution in [0.2, 0.25) is 0 Å². The Morgan fingerprint density at radius 3 is 2.52 bits per heavy atom. The first-order chi connectivity index (χ1) is 16.1. The zero-order chi connectivity index (χ0) is 23.0. The van der Waals surface area contributed by atoms with Gasteiger partial charge < -0.3 is 10.1 Å². The Labute approximate surface area is 191 Å². The number of nitrogens with zero attached hydrogens (tertiary/aromatic N) is 1. The van der Waals surface area contributed by atoms with Crippen LogP contribution < -0.4 is 15.5 Å². The van der Waals surface area contributed by atoms with Crippen molar-refractivity contribution in [2.45, 2.75) is 13.5 Å². The predicted octanol–water partition coefficient (Wildman–Crippen LogP) is 5.14. The number of hydrazone groups is 1. The van der Waals surface area contributed by atoms with E-state index in [1.54, 1.807) is 30.5 Å². The van der Waals surface area contributed by atoms with Crippen LogP contribution in [0.5, 0.6) is 5.75 Å². The molecule has 0 aliphatic carbocycles. The van der Waals surface area contributed by atoms with E-state index in [9.17, 15) is 9.59 Å². The number of rotatable bonds is 7. The van der Waals surface area contributed by atoms with E-state index >= 15 is 0 Å². The van der Waals surface area contributed by atoms with Gasteiger partial charge in [0, 0.05) is 23.7 Å². The summed E-state index contributed by atoms with van der Waals surface area (Å²) in [5, 5.41) is 8.85. The molecule has 0 unspecified atom stereocenters. The number of anilines is 1. The average Bonchev–Trinajstić information content (AvgIpc) is 2.83. The lowest BCUT2D eigenvalue weighted by atomic mass is 10.0. The first-order valence-electron chi connectivity index (χ1n) is 10.5. The largest absolute Gasteiger partial charge is 0.488 e. The van der Waals surface area contributed by atoms with Gasteiger partial charge in [-0.15, -0.1) is 0 Å². The summed E-state index contributed by atoms with van der Waals surface area (Å²) in [7, 11) is 0. The zero-order valence-corrected chi connectivity index (χ0v) is 18.1. The van der Waals surface area contributed by atoms with Gasteiger partial charge >= 0.3 is 0 Å². The van der Waals surface area contributed by atoms with Gasteiger partial charge in [-0.2, -0.15) is 5.10 Å².